The fourth-order valence-electron chi connectivity index (χ4n) is 4.74. The Morgan fingerprint density at radius 3 is 2.69 bits per heavy atom. The van der Waals surface area contributed by atoms with Gasteiger partial charge in [-0.05, 0) is 50.7 Å². The Balaban J connectivity index is 1.21. The second-order valence-electron chi connectivity index (χ2n) is 9.28. The molecule has 12 heteroatoms. The van der Waals surface area contributed by atoms with E-state index in [1.165, 1.54) is 29.7 Å². The van der Waals surface area contributed by atoms with Crippen molar-refractivity contribution in [2.24, 2.45) is 0 Å². The van der Waals surface area contributed by atoms with E-state index < -0.39 is 36.7 Å². The number of halogens is 5. The van der Waals surface area contributed by atoms with Crippen LogP contribution in [-0.2, 0) is 12.8 Å². The SMILES string of the molecule is O=C(N[C@H]1CC[C@](F)(CCN2CCc3nc(OCC(F)F)sc3CC2)CC1)c1cccnc1C(F)F. The minimum atomic E-state index is -2.85. The lowest BCUT2D eigenvalue weighted by molar-refractivity contribution is 0.0642. The van der Waals surface area contributed by atoms with Crippen LogP contribution >= 0.6 is 11.3 Å². The number of alkyl halides is 5. The number of amides is 1. The van der Waals surface area contributed by atoms with Crippen LogP contribution in [0.1, 0.15) is 65.2 Å². The van der Waals surface area contributed by atoms with E-state index in [0.717, 1.165) is 17.1 Å². The molecule has 1 saturated carbocycles. The zero-order chi connectivity index (χ0) is 25.7. The minimum absolute atomic E-state index is 0.151. The van der Waals surface area contributed by atoms with Gasteiger partial charge in [-0.15, -0.1) is 0 Å². The summed E-state index contributed by atoms with van der Waals surface area (Å²) in [5.74, 6) is -0.608. The van der Waals surface area contributed by atoms with Crippen molar-refractivity contribution < 1.29 is 31.5 Å². The summed E-state index contributed by atoms with van der Waals surface area (Å²) in [5.41, 5.74) is -1.18. The first-order valence-corrected chi connectivity index (χ1v) is 12.9. The number of ether oxygens (including phenoxy) is 1. The van der Waals surface area contributed by atoms with Crippen molar-refractivity contribution in [3.63, 3.8) is 0 Å². The average molecular weight is 533 g/mol. The highest BCUT2D eigenvalue weighted by molar-refractivity contribution is 7.13. The molecule has 0 unspecified atom stereocenters. The molecule has 0 aromatic carbocycles. The van der Waals surface area contributed by atoms with E-state index in [4.69, 9.17) is 4.74 Å². The molecule has 2 aliphatic rings. The van der Waals surface area contributed by atoms with Crippen LogP contribution in [0.2, 0.25) is 0 Å². The van der Waals surface area contributed by atoms with Gasteiger partial charge in [-0.25, -0.2) is 26.9 Å². The fraction of sp³-hybridized carbons (Fsp3) is 0.625. The molecule has 6 nitrogen and oxygen atoms in total. The molecule has 2 aromatic rings. The van der Waals surface area contributed by atoms with E-state index in [0.29, 0.717) is 58.0 Å². The highest BCUT2D eigenvalue weighted by Gasteiger charge is 2.36. The molecule has 0 radical (unpaired) electrons. The molecule has 198 valence electrons. The van der Waals surface area contributed by atoms with Gasteiger partial charge in [0, 0.05) is 43.2 Å². The molecule has 1 fully saturated rings. The van der Waals surface area contributed by atoms with Gasteiger partial charge < -0.3 is 15.0 Å². The summed E-state index contributed by atoms with van der Waals surface area (Å²) in [6, 6.07) is 2.49. The van der Waals surface area contributed by atoms with Crippen molar-refractivity contribution in [3.05, 3.63) is 40.2 Å². The van der Waals surface area contributed by atoms with Crippen LogP contribution in [0.25, 0.3) is 0 Å². The first-order valence-electron chi connectivity index (χ1n) is 12.1. The van der Waals surface area contributed by atoms with Gasteiger partial charge >= 0.3 is 0 Å². The molecule has 0 saturated heterocycles. The largest absolute Gasteiger partial charge is 0.464 e. The van der Waals surface area contributed by atoms with E-state index in [2.05, 4.69) is 20.2 Å². The average Bonchev–Trinajstić information content (AvgIpc) is 3.15. The predicted molar refractivity (Wildman–Crippen MR) is 125 cm³/mol. The lowest BCUT2D eigenvalue weighted by atomic mass is 9.81. The van der Waals surface area contributed by atoms with E-state index in [1.807, 2.05) is 0 Å². The number of carbonyl (C=O) groups excluding carboxylic acids is 1. The standard InChI is InChI=1S/C24H29F5N4O2S/c25-19(26)14-35-23-32-17-5-11-33(12-6-18(17)36-23)13-9-24(29)7-3-15(4-8-24)31-22(34)16-2-1-10-30-20(16)21(27)28/h1-2,10,15,19,21H,3-9,11-14H2,(H,31,34)/t15-,24+. The molecule has 0 atom stereocenters. The third-order valence-electron chi connectivity index (χ3n) is 6.79. The Kier molecular flexibility index (Phi) is 8.76. The van der Waals surface area contributed by atoms with Crippen LogP contribution in [0, 0.1) is 0 Å². The van der Waals surface area contributed by atoms with Crippen LogP contribution in [-0.4, -0.2) is 65.2 Å². The van der Waals surface area contributed by atoms with E-state index in [9.17, 15) is 22.4 Å². The third-order valence-corrected chi connectivity index (χ3v) is 7.86. The van der Waals surface area contributed by atoms with Gasteiger partial charge in [-0.3, -0.25) is 9.78 Å². The quantitative estimate of drug-likeness (QED) is 0.461. The van der Waals surface area contributed by atoms with Crippen LogP contribution in [0.5, 0.6) is 5.19 Å². The van der Waals surface area contributed by atoms with Gasteiger partial charge in [0.15, 0.2) is 6.61 Å². The monoisotopic (exact) mass is 532 g/mol. The molecular weight excluding hydrogens is 503 g/mol. The van der Waals surface area contributed by atoms with Crippen molar-refractivity contribution in [3.8, 4) is 5.19 Å². The van der Waals surface area contributed by atoms with Gasteiger partial charge in [-0.2, -0.15) is 0 Å². The first-order chi connectivity index (χ1) is 17.2. The summed E-state index contributed by atoms with van der Waals surface area (Å²) in [6.07, 6.45) is -0.958. The zero-order valence-electron chi connectivity index (χ0n) is 19.7. The summed E-state index contributed by atoms with van der Waals surface area (Å²) in [6.45, 7) is 1.36. The maximum Gasteiger partial charge on any atom is 0.281 e. The van der Waals surface area contributed by atoms with Crippen molar-refractivity contribution in [2.45, 2.75) is 69.5 Å². The second kappa shape index (κ2) is 11.8. The Morgan fingerprint density at radius 1 is 1.22 bits per heavy atom. The van der Waals surface area contributed by atoms with Crippen LogP contribution < -0.4 is 10.1 Å². The van der Waals surface area contributed by atoms with E-state index in [1.54, 1.807) is 0 Å². The molecule has 4 rings (SSSR count). The number of hydrogen-bond donors (Lipinski definition) is 1. The summed E-state index contributed by atoms with van der Waals surface area (Å²) < 4.78 is 71.5. The lowest BCUT2D eigenvalue weighted by Gasteiger charge is -2.35. The topological polar surface area (TPSA) is 67.4 Å². The number of nitrogens with zero attached hydrogens (tertiary/aromatic N) is 3. The minimum Gasteiger partial charge on any atom is -0.464 e. The Hall–Kier alpha value is -2.34. The smallest absolute Gasteiger partial charge is 0.281 e. The number of hydrogen-bond acceptors (Lipinski definition) is 6. The maximum absolute atomic E-state index is 15.5. The number of carbonyl (C=O) groups is 1. The Morgan fingerprint density at radius 2 is 1.97 bits per heavy atom. The Labute approximate surface area is 210 Å². The third kappa shape index (κ3) is 6.90. The molecule has 2 aromatic heterocycles. The summed E-state index contributed by atoms with van der Waals surface area (Å²) >= 11 is 1.30. The highest BCUT2D eigenvalue weighted by Crippen LogP contribution is 2.36. The second-order valence-corrected chi connectivity index (χ2v) is 10.3. The van der Waals surface area contributed by atoms with Crippen molar-refractivity contribution >= 4 is 17.2 Å². The van der Waals surface area contributed by atoms with Crippen LogP contribution in [0.15, 0.2) is 18.3 Å². The van der Waals surface area contributed by atoms with Gasteiger partial charge in [0.25, 0.3) is 24.0 Å². The molecule has 36 heavy (non-hydrogen) atoms. The number of nitrogens with one attached hydrogen (secondary N) is 1. The predicted octanol–water partition coefficient (Wildman–Crippen LogP) is 4.99. The lowest BCUT2D eigenvalue weighted by Crippen LogP contribution is -2.43. The van der Waals surface area contributed by atoms with Gasteiger partial charge in [-0.1, -0.05) is 11.3 Å². The van der Waals surface area contributed by atoms with Crippen LogP contribution in [0.3, 0.4) is 0 Å². The Bertz CT molecular complexity index is 1000. The highest BCUT2D eigenvalue weighted by atomic mass is 32.1. The molecule has 3 heterocycles. The van der Waals surface area contributed by atoms with E-state index >= 15 is 4.39 Å². The molecule has 0 spiro atoms. The van der Waals surface area contributed by atoms with Crippen molar-refractivity contribution in [2.75, 3.05) is 26.2 Å². The fourth-order valence-corrected chi connectivity index (χ4v) is 5.69. The normalized spacial score (nSPS) is 22.9. The van der Waals surface area contributed by atoms with E-state index in [-0.39, 0.29) is 16.8 Å². The maximum atomic E-state index is 15.5. The molecule has 1 amide bonds. The summed E-state index contributed by atoms with van der Waals surface area (Å²) in [7, 11) is 0. The van der Waals surface area contributed by atoms with Crippen LogP contribution in [0.4, 0.5) is 22.0 Å². The number of fused-ring (bicyclic) bond motifs is 1. The van der Waals surface area contributed by atoms with Gasteiger partial charge in [0.2, 0.25) is 0 Å². The first kappa shape index (κ1) is 26.7. The van der Waals surface area contributed by atoms with Gasteiger partial charge in [0.05, 0.1) is 11.3 Å². The molecule has 1 N–H and O–H groups in total. The molecule has 0 bridgehead atoms. The number of rotatable bonds is 9. The van der Waals surface area contributed by atoms with Crippen molar-refractivity contribution in [1.82, 2.24) is 20.2 Å². The van der Waals surface area contributed by atoms with Gasteiger partial charge in [0.1, 0.15) is 11.4 Å². The van der Waals surface area contributed by atoms with Crippen molar-refractivity contribution in [1.29, 1.82) is 0 Å². The summed E-state index contributed by atoms with van der Waals surface area (Å²) in [5, 5.41) is 3.03. The number of aromatic nitrogens is 2. The molecule has 1 aliphatic heterocycles. The molecule has 1 aliphatic carbocycles. The zero-order valence-corrected chi connectivity index (χ0v) is 20.5. The number of thiazole rings is 1. The summed E-state index contributed by atoms with van der Waals surface area (Å²) in [4.78, 5) is 23.6. The molecular formula is C24H29F5N4O2S. The number of pyridine rings is 1.